The van der Waals surface area contributed by atoms with Gasteiger partial charge in [0.25, 0.3) is 8.32 Å². The Morgan fingerprint density at radius 1 is 1.09 bits per heavy atom. The minimum Gasteiger partial charge on any atom is -0.543 e. The summed E-state index contributed by atoms with van der Waals surface area (Å²) >= 11 is 0. The lowest BCUT2D eigenvalue weighted by Gasteiger charge is -2.37. The quantitative estimate of drug-likeness (QED) is 0.325. The molecule has 2 rings (SSSR count). The van der Waals surface area contributed by atoms with Gasteiger partial charge in [-0.15, -0.1) is 6.58 Å². The van der Waals surface area contributed by atoms with E-state index in [1.165, 1.54) is 16.3 Å². The van der Waals surface area contributed by atoms with Crippen LogP contribution in [0.1, 0.15) is 39.2 Å². The molecule has 0 aromatic heterocycles. The Labute approximate surface area is 142 Å². The van der Waals surface area contributed by atoms with Gasteiger partial charge in [-0.05, 0) is 48.3 Å². The van der Waals surface area contributed by atoms with Gasteiger partial charge in [0.1, 0.15) is 5.75 Å². The standard InChI is InChI=1S/C21H30OSi/c1-7-8-9-13-18-16-15-17-12-10-11-14-19(17)20(18)22-23(5,6)21(2,3)4/h7,10-12,14-16H,1,8-9,13H2,2-6H3. The fraction of sp³-hybridized carbons (Fsp3) is 0.429. The highest BCUT2D eigenvalue weighted by atomic mass is 28.4. The maximum absolute atomic E-state index is 6.75. The molecule has 0 N–H and O–H groups in total. The summed E-state index contributed by atoms with van der Waals surface area (Å²) < 4.78 is 6.75. The van der Waals surface area contributed by atoms with Crippen LogP contribution in [0.3, 0.4) is 0 Å². The number of fused-ring (bicyclic) bond motifs is 1. The fourth-order valence-electron chi connectivity index (χ4n) is 2.45. The lowest BCUT2D eigenvalue weighted by molar-refractivity contribution is 0.491. The molecule has 0 heterocycles. The van der Waals surface area contributed by atoms with Crippen molar-refractivity contribution in [2.45, 2.75) is 58.2 Å². The molecule has 2 aromatic rings. The van der Waals surface area contributed by atoms with Gasteiger partial charge in [-0.2, -0.15) is 0 Å². The van der Waals surface area contributed by atoms with Crippen molar-refractivity contribution < 1.29 is 4.43 Å². The first-order valence-corrected chi connectivity index (χ1v) is 11.5. The molecule has 0 spiro atoms. The first-order valence-electron chi connectivity index (χ1n) is 8.57. The summed E-state index contributed by atoms with van der Waals surface area (Å²) in [6.07, 6.45) is 5.21. The Morgan fingerprint density at radius 3 is 2.43 bits per heavy atom. The van der Waals surface area contributed by atoms with Gasteiger partial charge in [0.2, 0.25) is 0 Å². The summed E-state index contributed by atoms with van der Waals surface area (Å²) in [7, 11) is -1.86. The van der Waals surface area contributed by atoms with Crippen molar-refractivity contribution in [1.82, 2.24) is 0 Å². The van der Waals surface area contributed by atoms with Gasteiger partial charge in [-0.25, -0.2) is 0 Å². The van der Waals surface area contributed by atoms with Crippen molar-refractivity contribution in [3.8, 4) is 5.75 Å². The summed E-state index contributed by atoms with van der Waals surface area (Å²) in [5.74, 6) is 1.11. The Hall–Kier alpha value is -1.54. The van der Waals surface area contributed by atoms with Crippen LogP contribution in [-0.4, -0.2) is 8.32 Å². The molecule has 0 fully saturated rings. The normalized spacial score (nSPS) is 12.4. The smallest absolute Gasteiger partial charge is 0.250 e. The van der Waals surface area contributed by atoms with Crippen molar-refractivity contribution in [3.63, 3.8) is 0 Å². The van der Waals surface area contributed by atoms with Crippen molar-refractivity contribution in [2.24, 2.45) is 0 Å². The van der Waals surface area contributed by atoms with Gasteiger partial charge in [0.05, 0.1) is 0 Å². The topological polar surface area (TPSA) is 9.23 Å². The highest BCUT2D eigenvalue weighted by Crippen LogP contribution is 2.41. The number of aryl methyl sites for hydroxylation is 1. The van der Waals surface area contributed by atoms with E-state index < -0.39 is 8.32 Å². The van der Waals surface area contributed by atoms with E-state index in [1.54, 1.807) is 0 Å². The van der Waals surface area contributed by atoms with Gasteiger partial charge >= 0.3 is 0 Å². The zero-order valence-corrected chi connectivity index (χ0v) is 16.3. The van der Waals surface area contributed by atoms with E-state index in [9.17, 15) is 0 Å². The van der Waals surface area contributed by atoms with Crippen LogP contribution in [0.15, 0.2) is 49.1 Å². The fourth-order valence-corrected chi connectivity index (χ4v) is 3.51. The van der Waals surface area contributed by atoms with E-state index in [0.29, 0.717) is 0 Å². The molecule has 0 aliphatic carbocycles. The van der Waals surface area contributed by atoms with Crippen molar-refractivity contribution in [3.05, 3.63) is 54.6 Å². The summed E-state index contributed by atoms with van der Waals surface area (Å²) in [6.45, 7) is 15.4. The molecule has 1 nitrogen and oxygen atoms in total. The van der Waals surface area contributed by atoms with Gasteiger partial charge in [-0.1, -0.05) is 63.2 Å². The minimum atomic E-state index is -1.86. The highest BCUT2D eigenvalue weighted by molar-refractivity contribution is 6.74. The number of benzene rings is 2. The highest BCUT2D eigenvalue weighted by Gasteiger charge is 2.39. The minimum absolute atomic E-state index is 0.197. The van der Waals surface area contributed by atoms with Crippen LogP contribution in [0.25, 0.3) is 10.8 Å². The molecular weight excluding hydrogens is 296 g/mol. The van der Waals surface area contributed by atoms with E-state index in [2.05, 4.69) is 76.8 Å². The number of hydrogen-bond acceptors (Lipinski definition) is 1. The molecular formula is C21H30OSi. The molecule has 2 heteroatoms. The molecule has 0 aliphatic rings. The van der Waals surface area contributed by atoms with Crippen LogP contribution in [0, 0.1) is 0 Å². The van der Waals surface area contributed by atoms with E-state index in [1.807, 2.05) is 6.08 Å². The van der Waals surface area contributed by atoms with Crippen molar-refractivity contribution >= 4 is 19.1 Å². The monoisotopic (exact) mass is 326 g/mol. The first kappa shape index (κ1) is 17.8. The van der Waals surface area contributed by atoms with E-state index in [0.717, 1.165) is 25.0 Å². The molecule has 124 valence electrons. The molecule has 0 saturated carbocycles. The van der Waals surface area contributed by atoms with Crippen molar-refractivity contribution in [1.29, 1.82) is 0 Å². The molecule has 0 bridgehead atoms. The Morgan fingerprint density at radius 2 is 1.78 bits per heavy atom. The lowest BCUT2D eigenvalue weighted by Crippen LogP contribution is -2.44. The predicted molar refractivity (Wildman–Crippen MR) is 105 cm³/mol. The second-order valence-corrected chi connectivity index (χ2v) is 12.5. The second-order valence-electron chi connectivity index (χ2n) is 7.82. The van der Waals surface area contributed by atoms with E-state index >= 15 is 0 Å². The van der Waals surface area contributed by atoms with Crippen LogP contribution < -0.4 is 4.43 Å². The first-order chi connectivity index (χ1) is 10.8. The summed E-state index contributed by atoms with van der Waals surface area (Å²) in [6, 6.07) is 13.0. The zero-order valence-electron chi connectivity index (χ0n) is 15.3. The molecule has 0 unspecified atom stereocenters. The molecule has 0 radical (unpaired) electrons. The number of allylic oxidation sites excluding steroid dienone is 1. The lowest BCUT2D eigenvalue weighted by atomic mass is 10.0. The number of rotatable bonds is 6. The van der Waals surface area contributed by atoms with Gasteiger partial charge < -0.3 is 4.43 Å². The van der Waals surface area contributed by atoms with Crippen LogP contribution in [-0.2, 0) is 6.42 Å². The maximum atomic E-state index is 6.75. The van der Waals surface area contributed by atoms with Crippen LogP contribution in [0.2, 0.25) is 18.1 Å². The predicted octanol–water partition coefficient (Wildman–Crippen LogP) is 6.73. The second kappa shape index (κ2) is 6.92. The van der Waals surface area contributed by atoms with E-state index in [-0.39, 0.29) is 5.04 Å². The Kier molecular flexibility index (Phi) is 5.36. The van der Waals surface area contributed by atoms with Crippen LogP contribution in [0.5, 0.6) is 5.75 Å². The summed E-state index contributed by atoms with van der Waals surface area (Å²) in [5.41, 5.74) is 1.33. The van der Waals surface area contributed by atoms with Gasteiger partial charge in [0.15, 0.2) is 0 Å². The molecule has 0 atom stereocenters. The molecule has 23 heavy (non-hydrogen) atoms. The Bertz CT molecular complexity index is 680. The third kappa shape index (κ3) is 4.05. The molecule has 2 aromatic carbocycles. The SMILES string of the molecule is C=CCCCc1ccc2ccccc2c1O[Si](C)(C)C(C)(C)C. The third-order valence-electron chi connectivity index (χ3n) is 4.98. The largest absolute Gasteiger partial charge is 0.543 e. The average molecular weight is 327 g/mol. The molecule has 0 amide bonds. The van der Waals surface area contributed by atoms with E-state index in [4.69, 9.17) is 4.43 Å². The number of hydrogen-bond donors (Lipinski definition) is 0. The third-order valence-corrected chi connectivity index (χ3v) is 9.31. The van der Waals surface area contributed by atoms with Crippen LogP contribution in [0.4, 0.5) is 0 Å². The number of unbranched alkanes of at least 4 members (excludes halogenated alkanes) is 1. The average Bonchev–Trinajstić information content (AvgIpc) is 2.48. The van der Waals surface area contributed by atoms with Crippen molar-refractivity contribution in [2.75, 3.05) is 0 Å². The summed E-state index contributed by atoms with van der Waals surface area (Å²) in [5, 5.41) is 2.70. The zero-order chi connectivity index (χ0) is 17.1. The summed E-state index contributed by atoms with van der Waals surface area (Å²) in [4.78, 5) is 0. The van der Waals surface area contributed by atoms with Crippen LogP contribution >= 0.6 is 0 Å². The molecule has 0 aliphatic heterocycles. The van der Waals surface area contributed by atoms with Gasteiger partial charge in [-0.3, -0.25) is 0 Å². The maximum Gasteiger partial charge on any atom is 0.250 e. The molecule has 0 saturated heterocycles. The Balaban J connectivity index is 2.48. The van der Waals surface area contributed by atoms with Gasteiger partial charge in [0, 0.05) is 5.39 Å².